The number of likely N-dealkylation sites (tertiary alicyclic amines) is 1. The van der Waals surface area contributed by atoms with Crippen LogP contribution in [-0.2, 0) is 16.1 Å². The second kappa shape index (κ2) is 14.4. The van der Waals surface area contributed by atoms with Crippen molar-refractivity contribution >= 4 is 45.6 Å². The summed E-state index contributed by atoms with van der Waals surface area (Å²) in [7, 11) is 3.35. The van der Waals surface area contributed by atoms with E-state index in [2.05, 4.69) is 25.2 Å². The van der Waals surface area contributed by atoms with E-state index in [-0.39, 0.29) is 36.3 Å². The largest absolute Gasteiger partial charge is 0.378 e. The number of imidazole rings is 1. The van der Waals surface area contributed by atoms with E-state index < -0.39 is 36.3 Å². The maximum atomic E-state index is 15.4. The Hall–Kier alpha value is -5.88. The Morgan fingerprint density at radius 2 is 1.76 bits per heavy atom. The second-order valence-electron chi connectivity index (χ2n) is 15.9. The van der Waals surface area contributed by atoms with Gasteiger partial charge in [0, 0.05) is 82.7 Å². The molecule has 6 bridgehead atoms. The molecule has 306 valence electrons. The second-order valence-corrected chi connectivity index (χ2v) is 15.9. The van der Waals surface area contributed by atoms with Crippen molar-refractivity contribution in [3.63, 3.8) is 0 Å². The Morgan fingerprint density at radius 1 is 0.898 bits per heavy atom. The maximum absolute atomic E-state index is 15.4. The van der Waals surface area contributed by atoms with E-state index in [1.807, 2.05) is 34.6 Å². The number of fused-ring (bicyclic) bond motifs is 8. The number of ether oxygens (including phenoxy) is 1. The smallest absolute Gasteiger partial charge is 0.245 e. The van der Waals surface area contributed by atoms with Gasteiger partial charge in [0.15, 0.2) is 11.5 Å². The number of anilines is 3. The lowest BCUT2D eigenvalue weighted by Crippen LogP contribution is -2.48. The van der Waals surface area contributed by atoms with Crippen molar-refractivity contribution in [2.24, 2.45) is 0 Å². The number of alkyl halides is 1. The average Bonchev–Trinajstić information content (AvgIpc) is 4.06. The zero-order chi connectivity index (χ0) is 40.7. The van der Waals surface area contributed by atoms with Gasteiger partial charge < -0.3 is 29.3 Å². The van der Waals surface area contributed by atoms with E-state index >= 15 is 8.78 Å². The minimum Gasteiger partial charge on any atom is -0.378 e. The van der Waals surface area contributed by atoms with Gasteiger partial charge in [-0.25, -0.2) is 32.2 Å². The standard InChI is InChI=1S/C41H42F4N12O2/c1-22-47-33-13-24(44)11-29-32-5-4-6-36(49-32)48-25-14-35(40(58)52(2)20-28(59-3)21-54(22)37(29)33)56(17-25)38-30-16-46-57(34-8-7-23(43)12-31(34)45)39(30)51-41(50-38)55-19-26-15-27(55)18-53(26)10-9-42/h4-8,11-13,16,25-28,35H,9-10,14-15,17-21H2,1-3H3,(H,48,49)/t25-,26+,27+,28-,35-/m0/s1. The quantitative estimate of drug-likeness (QED) is 0.235. The Morgan fingerprint density at radius 3 is 2.54 bits per heavy atom. The fourth-order valence-corrected chi connectivity index (χ4v) is 9.55. The predicted molar refractivity (Wildman–Crippen MR) is 213 cm³/mol. The molecule has 4 aliphatic heterocycles. The number of halogens is 4. The molecule has 5 atom stereocenters. The summed E-state index contributed by atoms with van der Waals surface area (Å²) in [5.74, 6) is -0.123. The molecular formula is C41H42F4N12O2. The molecule has 3 saturated heterocycles. The van der Waals surface area contributed by atoms with Crippen LogP contribution in [0.15, 0.2) is 54.7 Å². The number of aryl methyl sites for hydroxylation is 1. The molecule has 8 heterocycles. The normalized spacial score (nSPS) is 23.4. The van der Waals surface area contributed by atoms with Crippen LogP contribution in [0.2, 0.25) is 0 Å². The number of piperazine rings is 1. The number of rotatable bonds is 6. The maximum Gasteiger partial charge on any atom is 0.245 e. The topological polar surface area (TPSA) is 126 Å². The molecule has 4 aromatic heterocycles. The molecule has 14 nitrogen and oxygen atoms in total. The van der Waals surface area contributed by atoms with Gasteiger partial charge in [-0.05, 0) is 50.1 Å². The lowest BCUT2D eigenvalue weighted by molar-refractivity contribution is -0.132. The van der Waals surface area contributed by atoms with Gasteiger partial charge in [-0.3, -0.25) is 9.69 Å². The molecule has 0 aliphatic carbocycles. The van der Waals surface area contributed by atoms with Crippen LogP contribution in [0.5, 0.6) is 0 Å². The number of carbonyl (C=O) groups is 1. The predicted octanol–water partition coefficient (Wildman–Crippen LogP) is 4.73. The molecule has 59 heavy (non-hydrogen) atoms. The van der Waals surface area contributed by atoms with Crippen molar-refractivity contribution in [2.75, 3.05) is 68.7 Å². The molecule has 2 aromatic carbocycles. The number of nitrogens with zero attached hydrogens (tertiary/aromatic N) is 11. The van der Waals surface area contributed by atoms with Gasteiger partial charge in [0.05, 0.1) is 41.0 Å². The molecule has 0 radical (unpaired) electrons. The number of amides is 1. The van der Waals surface area contributed by atoms with Gasteiger partial charge >= 0.3 is 0 Å². The zero-order valence-corrected chi connectivity index (χ0v) is 32.7. The first kappa shape index (κ1) is 37.4. The van der Waals surface area contributed by atoms with Crippen LogP contribution in [0, 0.1) is 24.4 Å². The van der Waals surface area contributed by atoms with Crippen LogP contribution >= 0.6 is 0 Å². The molecule has 1 amide bonds. The third-order valence-corrected chi connectivity index (χ3v) is 12.3. The molecule has 0 unspecified atom stereocenters. The van der Waals surface area contributed by atoms with E-state index in [0.717, 1.165) is 24.1 Å². The van der Waals surface area contributed by atoms with Crippen molar-refractivity contribution in [2.45, 2.75) is 56.6 Å². The summed E-state index contributed by atoms with van der Waals surface area (Å²) in [6.07, 6.45) is 2.27. The summed E-state index contributed by atoms with van der Waals surface area (Å²) in [6.45, 7) is 3.88. The SMILES string of the molecule is CO[C@H]1CN(C)C(=O)[C@@H]2C[C@@H](CN2c2nc(N3C[C@H]4C[C@@H]3CN4CCF)nc3c2cnn3-c2ccc(F)cc2F)Nc2cccc(n2)-c2cc(F)cc3nc(C)n(c23)C1. The van der Waals surface area contributed by atoms with Crippen LogP contribution in [0.4, 0.5) is 35.1 Å². The minimum atomic E-state index is -0.813. The first-order valence-electron chi connectivity index (χ1n) is 19.8. The highest BCUT2D eigenvalue weighted by Gasteiger charge is 2.46. The number of hydrogen-bond donors (Lipinski definition) is 1. The van der Waals surface area contributed by atoms with E-state index in [1.165, 1.54) is 22.9 Å². The van der Waals surface area contributed by atoms with Crippen LogP contribution in [-0.4, -0.2) is 134 Å². The number of benzene rings is 2. The van der Waals surface area contributed by atoms with Crippen LogP contribution in [0.25, 0.3) is 39.0 Å². The van der Waals surface area contributed by atoms with Gasteiger partial charge in [0.25, 0.3) is 0 Å². The third kappa shape index (κ3) is 6.39. The number of carbonyl (C=O) groups excluding carboxylic acids is 1. The fourth-order valence-electron chi connectivity index (χ4n) is 9.55. The molecule has 3 fully saturated rings. The van der Waals surface area contributed by atoms with Gasteiger partial charge in [0.1, 0.15) is 47.5 Å². The highest BCUT2D eigenvalue weighted by Crippen LogP contribution is 2.39. The molecule has 4 aliphatic rings. The number of aromatic nitrogens is 7. The Bertz CT molecular complexity index is 2620. The monoisotopic (exact) mass is 810 g/mol. The first-order chi connectivity index (χ1) is 28.6. The third-order valence-electron chi connectivity index (χ3n) is 12.3. The van der Waals surface area contributed by atoms with Crippen LogP contribution in [0.1, 0.15) is 18.7 Å². The Kier molecular flexibility index (Phi) is 9.15. The number of methoxy groups -OCH3 is 1. The number of likely N-dealkylation sites (N-methyl/N-ethyl adjacent to an activating group) is 1. The molecule has 0 saturated carbocycles. The van der Waals surface area contributed by atoms with Crippen molar-refractivity contribution < 1.29 is 27.1 Å². The molecule has 18 heteroatoms. The highest BCUT2D eigenvalue weighted by molar-refractivity contribution is 5.94. The molecule has 6 aromatic rings. The molecule has 0 spiro atoms. The van der Waals surface area contributed by atoms with E-state index in [4.69, 9.17) is 19.7 Å². The van der Waals surface area contributed by atoms with Crippen molar-refractivity contribution in [1.29, 1.82) is 0 Å². The summed E-state index contributed by atoms with van der Waals surface area (Å²) < 4.78 is 67.3. The molecule has 10 rings (SSSR count). The average molecular weight is 811 g/mol. The van der Waals surface area contributed by atoms with E-state index in [0.29, 0.717) is 90.4 Å². The summed E-state index contributed by atoms with van der Waals surface area (Å²) in [5.41, 5.74) is 2.65. The van der Waals surface area contributed by atoms with Gasteiger partial charge in [-0.15, -0.1) is 0 Å². The molecule has 1 N–H and O–H groups in total. The van der Waals surface area contributed by atoms with Crippen molar-refractivity contribution in [3.8, 4) is 16.9 Å². The van der Waals surface area contributed by atoms with Crippen LogP contribution < -0.4 is 15.1 Å². The number of pyridine rings is 1. The Labute approximate surface area is 336 Å². The zero-order valence-electron chi connectivity index (χ0n) is 32.7. The van der Waals surface area contributed by atoms with Crippen LogP contribution in [0.3, 0.4) is 0 Å². The molecular weight excluding hydrogens is 769 g/mol. The minimum absolute atomic E-state index is 0.00671. The lowest BCUT2D eigenvalue weighted by Gasteiger charge is -2.34. The summed E-state index contributed by atoms with van der Waals surface area (Å²) >= 11 is 0. The summed E-state index contributed by atoms with van der Waals surface area (Å²) in [4.78, 5) is 42.5. The van der Waals surface area contributed by atoms with Crippen molar-refractivity contribution in [1.82, 2.24) is 44.1 Å². The summed E-state index contributed by atoms with van der Waals surface area (Å²) in [5, 5.41) is 8.57. The van der Waals surface area contributed by atoms with E-state index in [1.54, 1.807) is 25.3 Å². The summed E-state index contributed by atoms with van der Waals surface area (Å²) in [6, 6.07) is 10.8. The van der Waals surface area contributed by atoms with Gasteiger partial charge in [-0.2, -0.15) is 15.1 Å². The highest BCUT2D eigenvalue weighted by atomic mass is 19.1. The first-order valence-corrected chi connectivity index (χ1v) is 19.8. The lowest BCUT2D eigenvalue weighted by atomic mass is 10.1. The van der Waals surface area contributed by atoms with Gasteiger partial charge in [0.2, 0.25) is 11.9 Å². The van der Waals surface area contributed by atoms with Crippen molar-refractivity contribution in [3.05, 3.63) is 78.0 Å². The number of nitrogens with one attached hydrogen (secondary N) is 1. The fraction of sp³-hybridized carbons (Fsp3) is 0.415. The van der Waals surface area contributed by atoms with E-state index in [9.17, 15) is 13.6 Å². The van der Waals surface area contributed by atoms with Gasteiger partial charge in [-0.1, -0.05) is 6.07 Å². The Balaban J connectivity index is 1.09. The number of hydrogen-bond acceptors (Lipinski definition) is 11.